The van der Waals surface area contributed by atoms with E-state index in [1.807, 2.05) is 13.0 Å². The second-order valence-corrected chi connectivity index (χ2v) is 7.29. The van der Waals surface area contributed by atoms with Crippen molar-refractivity contribution in [2.24, 2.45) is 0 Å². The lowest BCUT2D eigenvalue weighted by Gasteiger charge is -2.27. The van der Waals surface area contributed by atoms with Gasteiger partial charge in [0.15, 0.2) is 11.5 Å². The Morgan fingerprint density at radius 1 is 1.16 bits per heavy atom. The Hall–Kier alpha value is -3.52. The van der Waals surface area contributed by atoms with Gasteiger partial charge < -0.3 is 24.6 Å². The number of nitrogens with zero attached hydrogens (tertiary/aromatic N) is 2. The molecule has 1 aromatic heterocycles. The molecule has 3 aromatic rings. The maximum Gasteiger partial charge on any atom is 0.273 e. The molecule has 0 bridgehead atoms. The zero-order valence-electron chi connectivity index (χ0n) is 17.5. The number of ether oxygens (including phenoxy) is 2. The van der Waals surface area contributed by atoms with E-state index in [9.17, 15) is 15.0 Å². The minimum atomic E-state index is -0.451. The fourth-order valence-electron chi connectivity index (χ4n) is 4.00. The van der Waals surface area contributed by atoms with Gasteiger partial charge in [0.2, 0.25) is 0 Å². The number of phenols is 2. The van der Waals surface area contributed by atoms with E-state index in [4.69, 9.17) is 9.47 Å². The third-order valence-electron chi connectivity index (χ3n) is 5.37. The lowest BCUT2D eigenvalue weighted by molar-refractivity contribution is 0.0723. The Morgan fingerprint density at radius 3 is 2.71 bits per heavy atom. The average molecular weight is 423 g/mol. The van der Waals surface area contributed by atoms with Crippen molar-refractivity contribution in [3.8, 4) is 28.5 Å². The highest BCUT2D eigenvalue weighted by Gasteiger charge is 2.42. The van der Waals surface area contributed by atoms with Gasteiger partial charge in [0.05, 0.1) is 12.6 Å². The Bertz CT molecular complexity index is 1090. The number of carbonyl (C=O) groups is 1. The van der Waals surface area contributed by atoms with Gasteiger partial charge in [-0.3, -0.25) is 9.89 Å². The molecule has 1 atom stereocenters. The zero-order valence-corrected chi connectivity index (χ0v) is 17.5. The number of para-hydroxylation sites is 1. The monoisotopic (exact) mass is 423 g/mol. The Kier molecular flexibility index (Phi) is 5.81. The molecule has 0 radical (unpaired) electrons. The van der Waals surface area contributed by atoms with Crippen molar-refractivity contribution >= 4 is 5.91 Å². The molecule has 31 heavy (non-hydrogen) atoms. The number of methoxy groups -OCH3 is 1. The largest absolute Gasteiger partial charge is 0.507 e. The second-order valence-electron chi connectivity index (χ2n) is 7.29. The molecule has 1 unspecified atom stereocenters. The highest BCUT2D eigenvalue weighted by molar-refractivity contribution is 6.00. The predicted molar refractivity (Wildman–Crippen MR) is 114 cm³/mol. The van der Waals surface area contributed by atoms with Crippen LogP contribution in [0.3, 0.4) is 0 Å². The maximum atomic E-state index is 13.3. The van der Waals surface area contributed by atoms with Gasteiger partial charge in [-0.1, -0.05) is 18.2 Å². The van der Waals surface area contributed by atoms with Gasteiger partial charge in [0.1, 0.15) is 17.1 Å². The molecule has 0 spiro atoms. The highest BCUT2D eigenvalue weighted by atomic mass is 16.5. The van der Waals surface area contributed by atoms with Crippen LogP contribution in [0.5, 0.6) is 17.2 Å². The van der Waals surface area contributed by atoms with Gasteiger partial charge in [0.25, 0.3) is 5.91 Å². The average Bonchev–Trinajstić information content (AvgIpc) is 3.30. The fraction of sp³-hybridized carbons (Fsp3) is 0.304. The number of aromatic amines is 1. The number of rotatable bonds is 8. The number of benzene rings is 2. The van der Waals surface area contributed by atoms with E-state index < -0.39 is 6.04 Å². The first-order valence-corrected chi connectivity index (χ1v) is 10.2. The molecule has 1 aliphatic rings. The Balaban J connectivity index is 1.85. The molecule has 1 aliphatic heterocycles. The van der Waals surface area contributed by atoms with Gasteiger partial charge >= 0.3 is 0 Å². The number of carbonyl (C=O) groups excluding carboxylic acids is 1. The van der Waals surface area contributed by atoms with Crippen LogP contribution < -0.4 is 4.74 Å². The molecule has 2 heterocycles. The van der Waals surface area contributed by atoms with Crippen molar-refractivity contribution in [1.29, 1.82) is 0 Å². The number of hydrogen-bond acceptors (Lipinski definition) is 6. The molecule has 0 saturated carbocycles. The van der Waals surface area contributed by atoms with Gasteiger partial charge in [-0.2, -0.15) is 5.10 Å². The Morgan fingerprint density at radius 2 is 1.97 bits per heavy atom. The molecule has 0 aliphatic carbocycles. The van der Waals surface area contributed by atoms with E-state index in [2.05, 4.69) is 10.2 Å². The third kappa shape index (κ3) is 3.70. The second kappa shape index (κ2) is 8.69. The number of amides is 1. The molecule has 8 heteroatoms. The van der Waals surface area contributed by atoms with Crippen molar-refractivity contribution in [2.45, 2.75) is 19.4 Å². The smallest absolute Gasteiger partial charge is 0.273 e. The van der Waals surface area contributed by atoms with E-state index in [-0.39, 0.29) is 17.4 Å². The predicted octanol–water partition coefficient (Wildman–Crippen LogP) is 3.47. The summed E-state index contributed by atoms with van der Waals surface area (Å²) in [4.78, 5) is 15.0. The lowest BCUT2D eigenvalue weighted by Crippen LogP contribution is -2.31. The first-order valence-electron chi connectivity index (χ1n) is 10.2. The number of aromatic nitrogens is 2. The summed E-state index contributed by atoms with van der Waals surface area (Å²) in [6.45, 7) is 3.24. The van der Waals surface area contributed by atoms with Gasteiger partial charge in [-0.25, -0.2) is 0 Å². The van der Waals surface area contributed by atoms with Crippen LogP contribution in [-0.2, 0) is 4.74 Å². The zero-order chi connectivity index (χ0) is 22.0. The van der Waals surface area contributed by atoms with Gasteiger partial charge in [-0.05, 0) is 43.2 Å². The number of fused-ring (bicyclic) bond motifs is 1. The molecule has 162 valence electrons. The van der Waals surface area contributed by atoms with E-state index >= 15 is 0 Å². The molecular weight excluding hydrogens is 398 g/mol. The number of nitrogens with one attached hydrogen (secondary N) is 1. The van der Waals surface area contributed by atoms with Crippen molar-refractivity contribution in [2.75, 3.05) is 26.9 Å². The summed E-state index contributed by atoms with van der Waals surface area (Å²) in [7, 11) is 1.63. The van der Waals surface area contributed by atoms with Crippen LogP contribution in [0.1, 0.15) is 41.0 Å². The molecule has 1 amide bonds. The molecule has 4 rings (SSSR count). The number of hydrogen-bond donors (Lipinski definition) is 3. The van der Waals surface area contributed by atoms with Crippen LogP contribution in [0.25, 0.3) is 11.3 Å². The molecule has 0 fully saturated rings. The van der Waals surface area contributed by atoms with Crippen LogP contribution in [0.2, 0.25) is 0 Å². The van der Waals surface area contributed by atoms with Crippen LogP contribution in [0, 0.1) is 0 Å². The summed E-state index contributed by atoms with van der Waals surface area (Å²) in [5, 5.41) is 27.8. The van der Waals surface area contributed by atoms with Crippen molar-refractivity contribution < 1.29 is 24.5 Å². The van der Waals surface area contributed by atoms with E-state index in [1.54, 1.807) is 48.4 Å². The first-order chi connectivity index (χ1) is 15.1. The van der Waals surface area contributed by atoms with E-state index in [1.165, 1.54) is 0 Å². The summed E-state index contributed by atoms with van der Waals surface area (Å²) in [6, 6.07) is 11.5. The topological polar surface area (TPSA) is 108 Å². The van der Waals surface area contributed by atoms with Crippen molar-refractivity contribution in [3.05, 3.63) is 59.3 Å². The fourth-order valence-corrected chi connectivity index (χ4v) is 4.00. The SMILES string of the molecule is CCOc1cc(C2c3c(-c4ccccc4O)n[nH]c3C(=O)N2CCCOC)ccc1O. The normalized spacial score (nSPS) is 15.4. The number of phenolic OH excluding ortho intramolecular Hbond substituents is 2. The maximum absolute atomic E-state index is 13.3. The minimum Gasteiger partial charge on any atom is -0.507 e. The van der Waals surface area contributed by atoms with Gasteiger partial charge in [0, 0.05) is 31.4 Å². The quantitative estimate of drug-likeness (QED) is 0.479. The molecular formula is C23H25N3O5. The molecule has 8 nitrogen and oxygen atoms in total. The van der Waals surface area contributed by atoms with Gasteiger partial charge in [-0.15, -0.1) is 0 Å². The summed E-state index contributed by atoms with van der Waals surface area (Å²) in [5.74, 6) is 0.303. The molecule has 3 N–H and O–H groups in total. The van der Waals surface area contributed by atoms with Crippen LogP contribution in [0.15, 0.2) is 42.5 Å². The van der Waals surface area contributed by atoms with E-state index in [0.717, 1.165) is 5.56 Å². The standard InChI is InChI=1S/C23H25N3O5/c1-3-31-18-13-14(9-10-17(18)28)22-19-20(15-7-4-5-8-16(15)27)24-25-21(19)23(29)26(22)11-6-12-30-2/h4-5,7-10,13,22,27-28H,3,6,11-12H2,1-2H3,(H,24,25). The van der Waals surface area contributed by atoms with Crippen LogP contribution >= 0.6 is 0 Å². The number of H-pyrrole nitrogens is 1. The van der Waals surface area contributed by atoms with Crippen LogP contribution in [-0.4, -0.2) is 58.1 Å². The number of aromatic hydroxyl groups is 2. The summed E-state index contributed by atoms with van der Waals surface area (Å²) in [5.41, 5.74) is 2.93. The van der Waals surface area contributed by atoms with E-state index in [0.29, 0.717) is 54.4 Å². The third-order valence-corrected chi connectivity index (χ3v) is 5.37. The highest BCUT2D eigenvalue weighted by Crippen LogP contribution is 2.45. The van der Waals surface area contributed by atoms with Crippen LogP contribution in [0.4, 0.5) is 0 Å². The summed E-state index contributed by atoms with van der Waals surface area (Å²) in [6.07, 6.45) is 0.665. The Labute approximate surface area is 180 Å². The molecule has 2 aromatic carbocycles. The summed E-state index contributed by atoms with van der Waals surface area (Å²) >= 11 is 0. The van der Waals surface area contributed by atoms with Crippen molar-refractivity contribution in [3.63, 3.8) is 0 Å². The first kappa shape index (κ1) is 20.7. The lowest BCUT2D eigenvalue weighted by atomic mass is 9.95. The van der Waals surface area contributed by atoms with Crippen molar-refractivity contribution in [1.82, 2.24) is 15.1 Å². The minimum absolute atomic E-state index is 0.0363. The molecule has 0 saturated heterocycles. The summed E-state index contributed by atoms with van der Waals surface area (Å²) < 4.78 is 10.7.